The topological polar surface area (TPSA) is 43.6 Å². The van der Waals surface area contributed by atoms with Gasteiger partial charge in [0.15, 0.2) is 0 Å². The van der Waals surface area contributed by atoms with E-state index in [2.05, 4.69) is 60.6 Å². The van der Waals surface area contributed by atoms with Crippen molar-refractivity contribution < 1.29 is 0 Å². The summed E-state index contributed by atoms with van der Waals surface area (Å²) in [5.41, 5.74) is 6.08. The Morgan fingerprint density at radius 1 is 1.00 bits per heavy atom. The van der Waals surface area contributed by atoms with Crippen molar-refractivity contribution in [3.63, 3.8) is 0 Å². The molecule has 0 fully saturated rings. The molecule has 0 N–H and O–H groups in total. The van der Waals surface area contributed by atoms with E-state index in [0.717, 1.165) is 22.2 Å². The monoisotopic (exact) mass is 310 g/mol. The number of rotatable bonds is 4. The average molecular weight is 310 g/mol. The summed E-state index contributed by atoms with van der Waals surface area (Å²) in [6.45, 7) is 6.32. The highest BCUT2D eigenvalue weighted by Gasteiger charge is 2.11. The van der Waals surface area contributed by atoms with E-state index in [1.54, 1.807) is 11.8 Å². The van der Waals surface area contributed by atoms with Crippen LogP contribution in [0.3, 0.4) is 0 Å². The van der Waals surface area contributed by atoms with Crippen molar-refractivity contribution in [1.29, 1.82) is 0 Å². The van der Waals surface area contributed by atoms with Crippen LogP contribution in [-0.2, 0) is 5.75 Å². The van der Waals surface area contributed by atoms with E-state index in [9.17, 15) is 0 Å². The molecule has 0 aliphatic heterocycles. The lowest BCUT2D eigenvalue weighted by Gasteiger charge is -2.08. The standard InChI is InChI=1S/C17H18N4S/c1-12-8-9-13(2)15(10-12)11-22-17-18-19-20-21(17)16-7-5-4-6-14(16)3/h4-10H,11H2,1-3H3. The minimum atomic E-state index is 0.815. The van der Waals surface area contributed by atoms with Gasteiger partial charge in [-0.25, -0.2) is 0 Å². The highest BCUT2D eigenvalue weighted by molar-refractivity contribution is 7.98. The number of benzene rings is 2. The summed E-state index contributed by atoms with van der Waals surface area (Å²) in [4.78, 5) is 0. The highest BCUT2D eigenvalue weighted by atomic mass is 32.2. The van der Waals surface area contributed by atoms with Crippen LogP contribution in [0.4, 0.5) is 0 Å². The molecule has 0 aliphatic rings. The van der Waals surface area contributed by atoms with Crippen molar-refractivity contribution in [3.8, 4) is 5.69 Å². The predicted molar refractivity (Wildman–Crippen MR) is 89.4 cm³/mol. The molecule has 0 saturated heterocycles. The molecule has 0 saturated carbocycles. The Hall–Kier alpha value is -2.14. The summed E-state index contributed by atoms with van der Waals surface area (Å²) >= 11 is 1.66. The summed E-state index contributed by atoms with van der Waals surface area (Å²) < 4.78 is 1.81. The average Bonchev–Trinajstić information content (AvgIpc) is 2.97. The number of hydrogen-bond acceptors (Lipinski definition) is 4. The van der Waals surface area contributed by atoms with Gasteiger partial charge in [-0.3, -0.25) is 0 Å². The zero-order valence-electron chi connectivity index (χ0n) is 12.9. The highest BCUT2D eigenvalue weighted by Crippen LogP contribution is 2.25. The molecule has 3 rings (SSSR count). The molecule has 0 spiro atoms. The zero-order valence-corrected chi connectivity index (χ0v) is 13.8. The minimum absolute atomic E-state index is 0.815. The molecule has 0 aliphatic carbocycles. The van der Waals surface area contributed by atoms with Crippen LogP contribution >= 0.6 is 11.8 Å². The fourth-order valence-corrected chi connectivity index (χ4v) is 3.27. The van der Waals surface area contributed by atoms with E-state index in [0.29, 0.717) is 0 Å². The summed E-state index contributed by atoms with van der Waals surface area (Å²) in [6, 6.07) is 14.7. The van der Waals surface area contributed by atoms with Gasteiger partial charge in [-0.2, -0.15) is 4.68 Å². The lowest BCUT2D eigenvalue weighted by molar-refractivity contribution is 0.752. The third kappa shape index (κ3) is 3.04. The van der Waals surface area contributed by atoms with Crippen LogP contribution < -0.4 is 0 Å². The molecule has 3 aromatic rings. The van der Waals surface area contributed by atoms with Gasteiger partial charge in [-0.05, 0) is 54.0 Å². The van der Waals surface area contributed by atoms with Gasteiger partial charge >= 0.3 is 0 Å². The Bertz CT molecular complexity index is 795. The van der Waals surface area contributed by atoms with Crippen molar-refractivity contribution in [1.82, 2.24) is 20.2 Å². The number of para-hydroxylation sites is 1. The van der Waals surface area contributed by atoms with Crippen LogP contribution in [0.25, 0.3) is 5.69 Å². The van der Waals surface area contributed by atoms with Crippen LogP contribution in [0, 0.1) is 20.8 Å². The van der Waals surface area contributed by atoms with Crippen LogP contribution in [0.2, 0.25) is 0 Å². The first kappa shape index (κ1) is 14.8. The normalized spacial score (nSPS) is 10.9. The molecular formula is C17H18N4S. The molecule has 1 heterocycles. The molecular weight excluding hydrogens is 292 g/mol. The van der Waals surface area contributed by atoms with Gasteiger partial charge in [0.25, 0.3) is 0 Å². The van der Waals surface area contributed by atoms with Gasteiger partial charge in [0.1, 0.15) is 0 Å². The first-order valence-corrected chi connectivity index (χ1v) is 8.17. The maximum atomic E-state index is 4.17. The first-order valence-electron chi connectivity index (χ1n) is 7.18. The Kier molecular flexibility index (Phi) is 4.24. The van der Waals surface area contributed by atoms with Gasteiger partial charge in [-0.1, -0.05) is 53.7 Å². The Balaban J connectivity index is 1.84. The SMILES string of the molecule is Cc1ccc(C)c(CSc2nnnn2-c2ccccc2C)c1. The molecule has 112 valence electrons. The van der Waals surface area contributed by atoms with Gasteiger partial charge < -0.3 is 0 Å². The largest absolute Gasteiger partial charge is 0.214 e. The summed E-state index contributed by atoms with van der Waals surface area (Å²) in [5, 5.41) is 12.9. The number of aromatic nitrogens is 4. The summed E-state index contributed by atoms with van der Waals surface area (Å²) in [6.07, 6.45) is 0. The summed E-state index contributed by atoms with van der Waals surface area (Å²) in [7, 11) is 0. The van der Waals surface area contributed by atoms with Gasteiger partial charge in [0, 0.05) is 5.75 Å². The molecule has 0 bridgehead atoms. The maximum absolute atomic E-state index is 4.17. The van der Waals surface area contributed by atoms with Gasteiger partial charge in [0.2, 0.25) is 5.16 Å². The van der Waals surface area contributed by atoms with Crippen LogP contribution in [0.5, 0.6) is 0 Å². The van der Waals surface area contributed by atoms with Crippen LogP contribution in [0.15, 0.2) is 47.6 Å². The molecule has 0 amide bonds. The van der Waals surface area contributed by atoms with Crippen molar-refractivity contribution in [2.75, 3.05) is 0 Å². The lowest BCUT2D eigenvalue weighted by Crippen LogP contribution is -2.01. The molecule has 0 radical (unpaired) electrons. The number of thioether (sulfide) groups is 1. The van der Waals surface area contributed by atoms with Gasteiger partial charge in [0.05, 0.1) is 5.69 Å². The number of tetrazole rings is 1. The quantitative estimate of drug-likeness (QED) is 0.686. The van der Waals surface area contributed by atoms with Gasteiger partial charge in [-0.15, -0.1) is 5.10 Å². The van der Waals surface area contributed by atoms with E-state index in [1.807, 2.05) is 22.9 Å². The third-order valence-electron chi connectivity index (χ3n) is 3.65. The molecule has 0 atom stereocenters. The molecule has 22 heavy (non-hydrogen) atoms. The van der Waals surface area contributed by atoms with Crippen molar-refractivity contribution in [2.45, 2.75) is 31.7 Å². The first-order chi connectivity index (χ1) is 10.6. The Morgan fingerprint density at radius 2 is 1.82 bits per heavy atom. The second-order valence-corrected chi connectivity index (χ2v) is 6.32. The van der Waals surface area contributed by atoms with E-state index >= 15 is 0 Å². The van der Waals surface area contributed by atoms with Crippen molar-refractivity contribution in [2.24, 2.45) is 0 Å². The van der Waals surface area contributed by atoms with E-state index < -0.39 is 0 Å². The Labute approximate surface area is 134 Å². The third-order valence-corrected chi connectivity index (χ3v) is 4.61. The fraction of sp³-hybridized carbons (Fsp3) is 0.235. The van der Waals surface area contributed by atoms with E-state index in [4.69, 9.17) is 0 Å². The van der Waals surface area contributed by atoms with Crippen molar-refractivity contribution >= 4 is 11.8 Å². The number of nitrogens with zero attached hydrogens (tertiary/aromatic N) is 4. The maximum Gasteiger partial charge on any atom is 0.214 e. The van der Waals surface area contributed by atoms with E-state index in [1.165, 1.54) is 16.7 Å². The molecule has 0 unspecified atom stereocenters. The van der Waals surface area contributed by atoms with Crippen LogP contribution in [0.1, 0.15) is 22.3 Å². The number of aryl methyl sites for hydroxylation is 3. The Morgan fingerprint density at radius 3 is 2.64 bits per heavy atom. The van der Waals surface area contributed by atoms with Crippen LogP contribution in [-0.4, -0.2) is 20.2 Å². The summed E-state index contributed by atoms with van der Waals surface area (Å²) in [5.74, 6) is 0.861. The number of hydrogen-bond donors (Lipinski definition) is 0. The molecule has 1 aromatic heterocycles. The fourth-order valence-electron chi connectivity index (χ4n) is 2.32. The predicted octanol–water partition coefficient (Wildman–Crippen LogP) is 3.88. The second-order valence-electron chi connectivity index (χ2n) is 5.38. The van der Waals surface area contributed by atoms with E-state index in [-0.39, 0.29) is 0 Å². The second kappa shape index (κ2) is 6.32. The molecule has 5 heteroatoms. The minimum Gasteiger partial charge on any atom is -0.187 e. The lowest BCUT2D eigenvalue weighted by atomic mass is 10.1. The zero-order chi connectivity index (χ0) is 15.5. The molecule has 4 nitrogen and oxygen atoms in total. The smallest absolute Gasteiger partial charge is 0.187 e. The van der Waals surface area contributed by atoms with Crippen molar-refractivity contribution in [3.05, 3.63) is 64.7 Å². The molecule has 2 aromatic carbocycles.